The Kier molecular flexibility index (Phi) is 4.10. The minimum Gasteiger partial charge on any atom is -0.304 e. The van der Waals surface area contributed by atoms with Gasteiger partial charge in [-0.25, -0.2) is 4.39 Å². The summed E-state index contributed by atoms with van der Waals surface area (Å²) in [5.41, 5.74) is -0.678. The molecule has 0 N–H and O–H groups in total. The second-order valence-corrected chi connectivity index (χ2v) is 5.55. The first-order valence-electron chi connectivity index (χ1n) is 5.48. The molecule has 1 unspecified atom stereocenters. The van der Waals surface area contributed by atoms with Crippen molar-refractivity contribution in [2.75, 3.05) is 17.2 Å². The van der Waals surface area contributed by atoms with Gasteiger partial charge in [0.05, 0.1) is 4.92 Å². The zero-order valence-corrected chi connectivity index (χ0v) is 12.2. The molecule has 1 heterocycles. The van der Waals surface area contributed by atoms with Crippen LogP contribution in [-0.4, -0.2) is 23.1 Å². The van der Waals surface area contributed by atoms with Crippen LogP contribution in [-0.2, 0) is 4.79 Å². The monoisotopic (exact) mass is 348 g/mol. The Bertz CT molecular complexity index is 555. The third-order valence-corrected chi connectivity index (χ3v) is 3.91. The van der Waals surface area contributed by atoms with E-state index in [1.807, 2.05) is 0 Å². The number of benzene rings is 1. The van der Waals surface area contributed by atoms with Gasteiger partial charge in [-0.15, -0.1) is 0 Å². The molecule has 1 fully saturated rings. The lowest BCUT2D eigenvalue weighted by Gasteiger charge is -2.17. The van der Waals surface area contributed by atoms with Crippen LogP contribution in [0.2, 0.25) is 0 Å². The number of hydrogen-bond donors (Lipinski definition) is 1. The lowest BCUT2D eigenvalue weighted by atomic mass is 10.1. The molecular weight excluding hydrogens is 339 g/mol. The molecule has 0 aliphatic carbocycles. The Morgan fingerprint density at radius 3 is 2.79 bits per heavy atom. The van der Waals surface area contributed by atoms with Crippen LogP contribution < -0.4 is 4.90 Å². The largest absolute Gasteiger partial charge is 0.304 e. The number of nitrogens with zero attached hydrogens (tertiary/aromatic N) is 2. The highest BCUT2D eigenvalue weighted by Crippen LogP contribution is 2.37. The highest BCUT2D eigenvalue weighted by atomic mass is 79.9. The number of carbonyl (C=O) groups is 1. The topological polar surface area (TPSA) is 63.5 Å². The molecule has 1 aromatic rings. The second-order valence-electron chi connectivity index (χ2n) is 4.27. The van der Waals surface area contributed by atoms with Crippen molar-refractivity contribution >= 4 is 45.8 Å². The maximum Gasteiger partial charge on any atom is 0.297 e. The Hall–Kier alpha value is -1.15. The van der Waals surface area contributed by atoms with Crippen molar-refractivity contribution in [1.29, 1.82) is 0 Å². The number of rotatable bonds is 3. The molecule has 0 bridgehead atoms. The predicted molar refractivity (Wildman–Crippen MR) is 75.1 cm³/mol. The van der Waals surface area contributed by atoms with Gasteiger partial charge in [-0.05, 0) is 17.7 Å². The Morgan fingerprint density at radius 2 is 2.26 bits per heavy atom. The summed E-state index contributed by atoms with van der Waals surface area (Å²) in [5.74, 6) is -0.634. The van der Waals surface area contributed by atoms with Gasteiger partial charge in [-0.3, -0.25) is 14.9 Å². The molecule has 0 aromatic heterocycles. The van der Waals surface area contributed by atoms with Crippen LogP contribution in [0, 0.1) is 21.8 Å². The number of hydrogen-bond acceptors (Lipinski definition) is 4. The van der Waals surface area contributed by atoms with Gasteiger partial charge in [0, 0.05) is 23.5 Å². The van der Waals surface area contributed by atoms with Crippen LogP contribution in [0.4, 0.5) is 15.8 Å². The normalized spacial score (nSPS) is 19.0. The molecule has 19 heavy (non-hydrogen) atoms. The molecule has 2 rings (SSSR count). The Balaban J connectivity index is 2.50. The van der Waals surface area contributed by atoms with E-state index in [1.165, 1.54) is 6.07 Å². The number of anilines is 1. The van der Waals surface area contributed by atoms with Crippen molar-refractivity contribution in [3.8, 4) is 0 Å². The van der Waals surface area contributed by atoms with Gasteiger partial charge < -0.3 is 4.90 Å². The van der Waals surface area contributed by atoms with Gasteiger partial charge in [-0.1, -0.05) is 15.9 Å². The van der Waals surface area contributed by atoms with Crippen LogP contribution in [0.25, 0.3) is 0 Å². The smallest absolute Gasteiger partial charge is 0.297 e. The van der Waals surface area contributed by atoms with Crippen molar-refractivity contribution < 1.29 is 14.1 Å². The summed E-state index contributed by atoms with van der Waals surface area (Å²) in [5, 5.41) is 11.0. The summed E-state index contributed by atoms with van der Waals surface area (Å²) in [7, 11) is 0. The van der Waals surface area contributed by atoms with Crippen molar-refractivity contribution in [1.82, 2.24) is 0 Å². The SMILES string of the molecule is O=C1CC(CS)CN1c1c(F)cc(Br)cc1[N+](=O)[O-]. The van der Waals surface area contributed by atoms with E-state index in [-0.39, 0.29) is 35.0 Å². The quantitative estimate of drug-likeness (QED) is 0.519. The van der Waals surface area contributed by atoms with Gasteiger partial charge in [0.1, 0.15) is 0 Å². The first-order valence-corrected chi connectivity index (χ1v) is 6.91. The molecular formula is C11H10BrFN2O3S. The zero-order valence-electron chi connectivity index (χ0n) is 9.68. The third kappa shape index (κ3) is 2.74. The van der Waals surface area contributed by atoms with Crippen LogP contribution >= 0.6 is 28.6 Å². The van der Waals surface area contributed by atoms with Crippen LogP contribution in [0.1, 0.15) is 6.42 Å². The van der Waals surface area contributed by atoms with Crippen LogP contribution in [0.5, 0.6) is 0 Å². The molecule has 102 valence electrons. The molecule has 0 radical (unpaired) electrons. The summed E-state index contributed by atoms with van der Waals surface area (Å²) in [6, 6.07) is 2.31. The van der Waals surface area contributed by atoms with E-state index in [1.54, 1.807) is 0 Å². The first kappa shape index (κ1) is 14.3. The summed E-state index contributed by atoms with van der Waals surface area (Å²) >= 11 is 7.11. The lowest BCUT2D eigenvalue weighted by molar-refractivity contribution is -0.384. The van der Waals surface area contributed by atoms with Gasteiger partial charge in [0.25, 0.3) is 5.69 Å². The fourth-order valence-electron chi connectivity index (χ4n) is 2.08. The first-order chi connectivity index (χ1) is 8.93. The van der Waals surface area contributed by atoms with E-state index >= 15 is 0 Å². The van der Waals surface area contributed by atoms with Gasteiger partial charge >= 0.3 is 0 Å². The molecule has 1 aliphatic rings. The third-order valence-electron chi connectivity index (χ3n) is 2.94. The zero-order chi connectivity index (χ0) is 14.2. The maximum absolute atomic E-state index is 14.0. The summed E-state index contributed by atoms with van der Waals surface area (Å²) in [6.07, 6.45) is 0.232. The van der Waals surface area contributed by atoms with Gasteiger partial charge in [-0.2, -0.15) is 12.6 Å². The van der Waals surface area contributed by atoms with E-state index in [9.17, 15) is 19.3 Å². The predicted octanol–water partition coefficient (Wildman–Crippen LogP) is 2.78. The minimum absolute atomic E-state index is 0.0153. The number of nitro benzene ring substituents is 1. The van der Waals surface area contributed by atoms with Crippen LogP contribution in [0.15, 0.2) is 16.6 Å². The van der Waals surface area contributed by atoms with Crippen molar-refractivity contribution in [2.24, 2.45) is 5.92 Å². The number of carbonyl (C=O) groups excluding carboxylic acids is 1. The minimum atomic E-state index is -0.783. The standard InChI is InChI=1S/C11H10BrFN2O3S/c12-7-2-8(13)11(9(3-7)15(17)18)14-4-6(5-19)1-10(14)16/h2-3,6,19H,1,4-5H2. The van der Waals surface area contributed by atoms with Crippen LogP contribution in [0.3, 0.4) is 0 Å². The average molecular weight is 349 g/mol. The van der Waals surface area contributed by atoms with E-state index in [2.05, 4.69) is 28.6 Å². The second kappa shape index (κ2) is 5.46. The van der Waals surface area contributed by atoms with E-state index < -0.39 is 16.4 Å². The molecule has 0 saturated carbocycles. The fourth-order valence-corrected chi connectivity index (χ4v) is 2.74. The Labute approximate surface area is 122 Å². The summed E-state index contributed by atoms with van der Waals surface area (Å²) < 4.78 is 14.2. The summed E-state index contributed by atoms with van der Waals surface area (Å²) in [6.45, 7) is 0.252. The molecule has 1 saturated heterocycles. The molecule has 1 atom stereocenters. The number of thiol groups is 1. The summed E-state index contributed by atoms with van der Waals surface area (Å²) in [4.78, 5) is 23.3. The van der Waals surface area contributed by atoms with Gasteiger partial charge in [0.15, 0.2) is 11.5 Å². The number of amides is 1. The average Bonchev–Trinajstić information content (AvgIpc) is 2.69. The number of halogens is 2. The molecule has 1 aliphatic heterocycles. The molecule has 8 heteroatoms. The fraction of sp³-hybridized carbons (Fsp3) is 0.364. The van der Waals surface area contributed by atoms with E-state index in [4.69, 9.17) is 0 Å². The Morgan fingerprint density at radius 1 is 1.58 bits per heavy atom. The maximum atomic E-state index is 14.0. The molecule has 0 spiro atoms. The molecule has 5 nitrogen and oxygen atoms in total. The van der Waals surface area contributed by atoms with Crippen molar-refractivity contribution in [3.63, 3.8) is 0 Å². The van der Waals surface area contributed by atoms with Crippen molar-refractivity contribution in [3.05, 3.63) is 32.5 Å². The highest BCUT2D eigenvalue weighted by molar-refractivity contribution is 9.10. The molecule has 1 amide bonds. The van der Waals surface area contributed by atoms with Gasteiger partial charge in [0.2, 0.25) is 5.91 Å². The number of nitro groups is 1. The van der Waals surface area contributed by atoms with E-state index in [0.29, 0.717) is 5.75 Å². The lowest BCUT2D eigenvalue weighted by Crippen LogP contribution is -2.26. The molecule has 1 aromatic carbocycles. The van der Waals surface area contributed by atoms with Crippen molar-refractivity contribution in [2.45, 2.75) is 6.42 Å². The highest BCUT2D eigenvalue weighted by Gasteiger charge is 2.35. The van der Waals surface area contributed by atoms with E-state index in [0.717, 1.165) is 11.0 Å².